The van der Waals surface area contributed by atoms with Crippen LogP contribution in [-0.2, 0) is 36.3 Å². The SMILES string of the molecule is Cn1c(COc2cccc(CC(=O)NOCc3ccccc3)c2)nc2ccccc21. The van der Waals surface area contributed by atoms with Crippen LogP contribution >= 0.6 is 0 Å². The third-order valence-electron chi connectivity index (χ3n) is 4.78. The first-order chi connectivity index (χ1) is 14.7. The molecule has 4 rings (SSSR count). The number of amides is 1. The fourth-order valence-corrected chi connectivity index (χ4v) is 3.21. The van der Waals surface area contributed by atoms with Crippen LogP contribution in [0, 0.1) is 0 Å². The largest absolute Gasteiger partial charge is 0.486 e. The number of rotatable bonds is 8. The zero-order chi connectivity index (χ0) is 20.8. The maximum Gasteiger partial charge on any atom is 0.247 e. The molecule has 0 saturated carbocycles. The normalized spacial score (nSPS) is 10.8. The molecule has 0 aliphatic carbocycles. The van der Waals surface area contributed by atoms with Crippen LogP contribution in [0.15, 0.2) is 78.9 Å². The van der Waals surface area contributed by atoms with Crippen molar-refractivity contribution in [3.63, 3.8) is 0 Å². The van der Waals surface area contributed by atoms with E-state index in [4.69, 9.17) is 9.57 Å². The highest BCUT2D eigenvalue weighted by Crippen LogP contribution is 2.18. The highest BCUT2D eigenvalue weighted by atomic mass is 16.6. The molecule has 0 saturated heterocycles. The lowest BCUT2D eigenvalue weighted by Gasteiger charge is -2.09. The smallest absolute Gasteiger partial charge is 0.247 e. The molecule has 1 aromatic heterocycles. The number of hydrogen-bond acceptors (Lipinski definition) is 4. The van der Waals surface area contributed by atoms with E-state index in [0.29, 0.717) is 19.0 Å². The van der Waals surface area contributed by atoms with Gasteiger partial charge in [-0.05, 0) is 35.4 Å². The third-order valence-corrected chi connectivity index (χ3v) is 4.78. The minimum absolute atomic E-state index is 0.207. The molecule has 152 valence electrons. The lowest BCUT2D eigenvalue weighted by atomic mass is 10.1. The number of carbonyl (C=O) groups is 1. The first kappa shape index (κ1) is 19.7. The van der Waals surface area contributed by atoms with Crippen molar-refractivity contribution in [3.05, 3.63) is 95.8 Å². The highest BCUT2D eigenvalue weighted by molar-refractivity contribution is 5.77. The van der Waals surface area contributed by atoms with E-state index in [1.165, 1.54) is 0 Å². The average molecular weight is 401 g/mol. The number of imidazole rings is 1. The van der Waals surface area contributed by atoms with Gasteiger partial charge in [-0.1, -0.05) is 54.6 Å². The van der Waals surface area contributed by atoms with Gasteiger partial charge in [-0.15, -0.1) is 0 Å². The van der Waals surface area contributed by atoms with Gasteiger partial charge in [-0.25, -0.2) is 10.5 Å². The van der Waals surface area contributed by atoms with Crippen LogP contribution in [0.1, 0.15) is 17.0 Å². The highest BCUT2D eigenvalue weighted by Gasteiger charge is 2.09. The zero-order valence-corrected chi connectivity index (χ0v) is 16.7. The summed E-state index contributed by atoms with van der Waals surface area (Å²) in [6.45, 7) is 0.675. The predicted molar refractivity (Wildman–Crippen MR) is 115 cm³/mol. The molecule has 0 bridgehead atoms. The quantitative estimate of drug-likeness (QED) is 0.454. The molecule has 0 fully saturated rings. The fourth-order valence-electron chi connectivity index (χ4n) is 3.21. The molecule has 1 amide bonds. The number of nitrogens with zero attached hydrogens (tertiary/aromatic N) is 2. The van der Waals surface area contributed by atoms with Crippen LogP contribution in [0.25, 0.3) is 11.0 Å². The van der Waals surface area contributed by atoms with Crippen LogP contribution in [0.3, 0.4) is 0 Å². The number of benzene rings is 3. The Hall–Kier alpha value is -3.64. The van der Waals surface area contributed by atoms with E-state index >= 15 is 0 Å². The van der Waals surface area contributed by atoms with Gasteiger partial charge >= 0.3 is 0 Å². The topological polar surface area (TPSA) is 65.4 Å². The van der Waals surface area contributed by atoms with Crippen molar-refractivity contribution in [1.29, 1.82) is 0 Å². The summed E-state index contributed by atoms with van der Waals surface area (Å²) in [5, 5.41) is 0. The maximum atomic E-state index is 12.1. The van der Waals surface area contributed by atoms with E-state index in [9.17, 15) is 4.79 Å². The van der Waals surface area contributed by atoms with Crippen LogP contribution in [0.2, 0.25) is 0 Å². The van der Waals surface area contributed by atoms with Gasteiger partial charge in [0.1, 0.15) is 18.2 Å². The minimum Gasteiger partial charge on any atom is -0.486 e. The molecule has 0 aliphatic heterocycles. The van der Waals surface area contributed by atoms with Crippen molar-refractivity contribution in [3.8, 4) is 5.75 Å². The number of aryl methyl sites for hydroxylation is 1. The van der Waals surface area contributed by atoms with Crippen LogP contribution < -0.4 is 10.2 Å². The van der Waals surface area contributed by atoms with Crippen molar-refractivity contribution in [2.45, 2.75) is 19.6 Å². The van der Waals surface area contributed by atoms with Crippen molar-refractivity contribution >= 4 is 16.9 Å². The standard InChI is InChI=1S/C24H23N3O3/c1-27-22-13-6-5-12-21(22)25-23(27)17-29-20-11-7-10-19(14-20)15-24(28)26-30-16-18-8-3-2-4-9-18/h2-14H,15-17H2,1H3,(H,26,28). The molecule has 4 aromatic rings. The number of hydrogen-bond donors (Lipinski definition) is 1. The summed E-state index contributed by atoms with van der Waals surface area (Å²) in [4.78, 5) is 22.1. The molecule has 0 aliphatic rings. The summed E-state index contributed by atoms with van der Waals surface area (Å²) in [6, 6.07) is 25.2. The summed E-state index contributed by atoms with van der Waals surface area (Å²) < 4.78 is 7.94. The van der Waals surface area contributed by atoms with Gasteiger partial charge in [0.2, 0.25) is 5.91 Å². The molecule has 1 N–H and O–H groups in total. The molecule has 0 unspecified atom stereocenters. The summed E-state index contributed by atoms with van der Waals surface area (Å²) in [6.07, 6.45) is 0.207. The Morgan fingerprint density at radius 2 is 1.70 bits per heavy atom. The zero-order valence-electron chi connectivity index (χ0n) is 16.7. The molecule has 30 heavy (non-hydrogen) atoms. The molecule has 0 atom stereocenters. The first-order valence-corrected chi connectivity index (χ1v) is 9.75. The maximum absolute atomic E-state index is 12.1. The second-order valence-corrected chi connectivity index (χ2v) is 6.99. The first-order valence-electron chi connectivity index (χ1n) is 9.75. The monoisotopic (exact) mass is 401 g/mol. The number of aromatic nitrogens is 2. The summed E-state index contributed by atoms with van der Waals surface area (Å²) in [5.41, 5.74) is 6.34. The number of hydroxylamine groups is 1. The van der Waals surface area contributed by atoms with Gasteiger partial charge in [0.05, 0.1) is 24.1 Å². The Bertz CT molecular complexity index is 1140. The van der Waals surface area contributed by atoms with E-state index in [2.05, 4.69) is 10.5 Å². The molecule has 6 nitrogen and oxygen atoms in total. The second-order valence-electron chi connectivity index (χ2n) is 6.99. The third kappa shape index (κ3) is 4.85. The van der Waals surface area contributed by atoms with Gasteiger partial charge < -0.3 is 9.30 Å². The molecule has 1 heterocycles. The van der Waals surface area contributed by atoms with Crippen LogP contribution in [-0.4, -0.2) is 15.5 Å². The van der Waals surface area contributed by atoms with E-state index in [1.54, 1.807) is 0 Å². The Labute approximate surface area is 175 Å². The Kier molecular flexibility index (Phi) is 6.06. The second kappa shape index (κ2) is 9.24. The molecular formula is C24H23N3O3. The molecule has 0 radical (unpaired) electrons. The van der Waals surface area contributed by atoms with Gasteiger partial charge in [-0.3, -0.25) is 9.63 Å². The molecule has 3 aromatic carbocycles. The summed E-state index contributed by atoms with van der Waals surface area (Å²) in [5.74, 6) is 1.32. The predicted octanol–water partition coefficient (Wildman–Crippen LogP) is 3.94. The molecule has 0 spiro atoms. The van der Waals surface area contributed by atoms with Crippen molar-refractivity contribution in [1.82, 2.24) is 15.0 Å². The number of para-hydroxylation sites is 2. The van der Waals surface area contributed by atoms with E-state index in [1.807, 2.05) is 90.5 Å². The molecular weight excluding hydrogens is 378 g/mol. The number of carbonyl (C=O) groups excluding carboxylic acids is 1. The lowest BCUT2D eigenvalue weighted by Crippen LogP contribution is -2.25. The Morgan fingerprint density at radius 1 is 0.933 bits per heavy atom. The van der Waals surface area contributed by atoms with Crippen molar-refractivity contribution in [2.24, 2.45) is 7.05 Å². The van der Waals surface area contributed by atoms with E-state index in [-0.39, 0.29) is 12.3 Å². The number of ether oxygens (including phenoxy) is 1. The van der Waals surface area contributed by atoms with Crippen LogP contribution in [0.4, 0.5) is 0 Å². The van der Waals surface area contributed by atoms with Crippen molar-refractivity contribution in [2.75, 3.05) is 0 Å². The average Bonchev–Trinajstić information content (AvgIpc) is 3.09. The number of fused-ring (bicyclic) bond motifs is 1. The minimum atomic E-state index is -0.210. The Balaban J connectivity index is 1.31. The van der Waals surface area contributed by atoms with E-state index < -0.39 is 0 Å². The van der Waals surface area contributed by atoms with Gasteiger partial charge in [-0.2, -0.15) is 0 Å². The van der Waals surface area contributed by atoms with Gasteiger partial charge in [0.25, 0.3) is 0 Å². The van der Waals surface area contributed by atoms with Crippen LogP contribution in [0.5, 0.6) is 5.75 Å². The Morgan fingerprint density at radius 3 is 2.53 bits per heavy atom. The number of nitrogens with one attached hydrogen (secondary N) is 1. The van der Waals surface area contributed by atoms with E-state index in [0.717, 1.165) is 28.0 Å². The summed E-state index contributed by atoms with van der Waals surface area (Å²) >= 11 is 0. The van der Waals surface area contributed by atoms with Gasteiger partial charge in [0.15, 0.2) is 0 Å². The fraction of sp³-hybridized carbons (Fsp3) is 0.167. The lowest BCUT2D eigenvalue weighted by molar-refractivity contribution is -0.133. The van der Waals surface area contributed by atoms with Gasteiger partial charge in [0, 0.05) is 7.05 Å². The molecule has 6 heteroatoms. The summed E-state index contributed by atoms with van der Waals surface area (Å²) in [7, 11) is 1.98. The van der Waals surface area contributed by atoms with Crippen molar-refractivity contribution < 1.29 is 14.4 Å².